The summed E-state index contributed by atoms with van der Waals surface area (Å²) >= 11 is 0. The lowest BCUT2D eigenvalue weighted by molar-refractivity contribution is 0.256. The van der Waals surface area contributed by atoms with E-state index < -0.39 is 0 Å². The summed E-state index contributed by atoms with van der Waals surface area (Å²) in [5.74, 6) is 0.576. The fourth-order valence-corrected chi connectivity index (χ4v) is 0.797. The molecular formula is C5H7N6O. The van der Waals surface area contributed by atoms with Crippen LogP contribution < -0.4 is 10.5 Å². The standard InChI is InChI=1S/C5H7N6O/c1-4-7-5(12-8-4)11-3-6-9-10(11)2/h9H,1-2H3. The molecule has 0 spiro atoms. The van der Waals surface area contributed by atoms with Crippen LogP contribution in [0, 0.1) is 6.92 Å². The fourth-order valence-electron chi connectivity index (χ4n) is 0.797. The second kappa shape index (κ2) is 2.45. The summed E-state index contributed by atoms with van der Waals surface area (Å²) in [7, 11) is 1.75. The van der Waals surface area contributed by atoms with Crippen LogP contribution in [0.4, 0.5) is 6.01 Å². The van der Waals surface area contributed by atoms with Gasteiger partial charge in [0.25, 0.3) is 0 Å². The molecule has 0 saturated carbocycles. The van der Waals surface area contributed by atoms with Crippen LogP contribution in [0.15, 0.2) is 9.62 Å². The molecule has 1 N–H and O–H groups in total. The minimum Gasteiger partial charge on any atom is -0.313 e. The molecule has 1 aromatic heterocycles. The Kier molecular flexibility index (Phi) is 1.44. The topological polar surface area (TPSA) is 69.8 Å². The number of nitrogens with one attached hydrogen (secondary N) is 1. The largest absolute Gasteiger partial charge is 0.346 e. The van der Waals surface area contributed by atoms with E-state index in [1.165, 1.54) is 5.01 Å². The summed E-state index contributed by atoms with van der Waals surface area (Å²) in [6, 6.07) is 0.337. The van der Waals surface area contributed by atoms with Gasteiger partial charge in [-0.1, -0.05) is 5.16 Å². The summed E-state index contributed by atoms with van der Waals surface area (Å²) in [5.41, 5.74) is 2.62. The van der Waals surface area contributed by atoms with E-state index in [-0.39, 0.29) is 0 Å². The van der Waals surface area contributed by atoms with Crippen LogP contribution in [-0.2, 0) is 0 Å². The minimum atomic E-state index is 0.337. The molecule has 2 rings (SSSR count). The Hall–Kier alpha value is -1.63. The Morgan fingerprint density at radius 2 is 2.42 bits per heavy atom. The van der Waals surface area contributed by atoms with Crippen molar-refractivity contribution in [2.75, 3.05) is 12.1 Å². The molecule has 0 unspecified atom stereocenters. The predicted octanol–water partition coefficient (Wildman–Crippen LogP) is -0.630. The van der Waals surface area contributed by atoms with Crippen molar-refractivity contribution in [1.29, 1.82) is 0 Å². The Morgan fingerprint density at radius 1 is 1.58 bits per heavy atom. The van der Waals surface area contributed by atoms with Crippen LogP contribution in [0.25, 0.3) is 0 Å². The third-order valence-corrected chi connectivity index (χ3v) is 1.34. The first-order valence-corrected chi connectivity index (χ1v) is 3.32. The van der Waals surface area contributed by atoms with E-state index in [4.69, 9.17) is 4.52 Å². The van der Waals surface area contributed by atoms with E-state index in [0.29, 0.717) is 11.8 Å². The Bertz CT molecular complexity index is 307. The molecule has 0 aromatic carbocycles. The highest BCUT2D eigenvalue weighted by molar-refractivity contribution is 5.74. The third kappa shape index (κ3) is 0.996. The Labute approximate surface area is 68.6 Å². The molecule has 2 heterocycles. The molecule has 1 radical (unpaired) electrons. The van der Waals surface area contributed by atoms with Crippen LogP contribution in [0.5, 0.6) is 0 Å². The molecule has 12 heavy (non-hydrogen) atoms. The van der Waals surface area contributed by atoms with Gasteiger partial charge < -0.3 is 4.52 Å². The molecule has 1 aliphatic rings. The van der Waals surface area contributed by atoms with Gasteiger partial charge in [0.2, 0.25) is 6.34 Å². The quantitative estimate of drug-likeness (QED) is 0.600. The van der Waals surface area contributed by atoms with Crippen molar-refractivity contribution >= 4 is 12.4 Å². The first-order chi connectivity index (χ1) is 5.77. The molecule has 0 atom stereocenters. The summed E-state index contributed by atoms with van der Waals surface area (Å²) in [4.78, 5) is 3.99. The molecule has 7 heteroatoms. The monoisotopic (exact) mass is 167 g/mol. The van der Waals surface area contributed by atoms with Gasteiger partial charge in [-0.3, -0.25) is 0 Å². The average Bonchev–Trinajstić information content (AvgIpc) is 2.58. The van der Waals surface area contributed by atoms with Crippen LogP contribution in [0.1, 0.15) is 5.82 Å². The normalized spacial score (nSPS) is 17.0. The fraction of sp³-hybridized carbons (Fsp3) is 0.400. The molecule has 0 amide bonds. The molecule has 0 bridgehead atoms. The number of rotatable bonds is 1. The zero-order valence-corrected chi connectivity index (χ0v) is 6.64. The highest BCUT2D eigenvalue weighted by atomic mass is 16.5. The van der Waals surface area contributed by atoms with Crippen LogP contribution in [-0.4, -0.2) is 28.6 Å². The highest BCUT2D eigenvalue weighted by Gasteiger charge is 2.20. The molecule has 63 valence electrons. The minimum absolute atomic E-state index is 0.337. The van der Waals surface area contributed by atoms with E-state index in [1.54, 1.807) is 19.1 Å². The van der Waals surface area contributed by atoms with Gasteiger partial charge in [0, 0.05) is 7.05 Å². The summed E-state index contributed by atoms with van der Waals surface area (Å²) < 4.78 is 4.88. The third-order valence-electron chi connectivity index (χ3n) is 1.34. The number of hydrazone groups is 1. The first kappa shape index (κ1) is 7.04. The zero-order valence-electron chi connectivity index (χ0n) is 6.64. The van der Waals surface area contributed by atoms with Crippen molar-refractivity contribution in [2.24, 2.45) is 5.10 Å². The zero-order chi connectivity index (χ0) is 8.55. The van der Waals surface area contributed by atoms with Crippen molar-refractivity contribution in [3.63, 3.8) is 0 Å². The van der Waals surface area contributed by atoms with Crippen LogP contribution >= 0.6 is 0 Å². The maximum absolute atomic E-state index is 4.88. The molecular weight excluding hydrogens is 160 g/mol. The van der Waals surface area contributed by atoms with Gasteiger partial charge in [0.1, 0.15) is 0 Å². The number of hydrogen-bond acceptors (Lipinski definition) is 7. The van der Waals surface area contributed by atoms with Gasteiger partial charge in [0.15, 0.2) is 5.82 Å². The van der Waals surface area contributed by atoms with Crippen molar-refractivity contribution < 1.29 is 4.52 Å². The number of aromatic nitrogens is 2. The van der Waals surface area contributed by atoms with Gasteiger partial charge in [-0.15, -0.1) is 10.2 Å². The number of nitrogens with zero attached hydrogens (tertiary/aromatic N) is 5. The summed E-state index contributed by atoms with van der Waals surface area (Å²) in [5, 5.41) is 10.3. The van der Waals surface area contributed by atoms with Gasteiger partial charge >= 0.3 is 6.01 Å². The number of anilines is 1. The van der Waals surface area contributed by atoms with E-state index in [2.05, 4.69) is 27.1 Å². The number of aryl methyl sites for hydroxylation is 1. The Balaban J connectivity index is 2.24. The maximum atomic E-state index is 4.88. The lowest BCUT2D eigenvalue weighted by Gasteiger charge is -2.15. The van der Waals surface area contributed by atoms with E-state index in [1.807, 2.05) is 0 Å². The van der Waals surface area contributed by atoms with Crippen molar-refractivity contribution in [3.8, 4) is 0 Å². The SMILES string of the molecule is Cc1noc(N2[C]=NNN2C)n1. The lowest BCUT2D eigenvalue weighted by atomic mass is 10.7. The second-order valence-corrected chi connectivity index (χ2v) is 2.27. The lowest BCUT2D eigenvalue weighted by Crippen LogP contribution is -2.39. The van der Waals surface area contributed by atoms with Gasteiger partial charge in [-0.2, -0.15) is 9.99 Å². The van der Waals surface area contributed by atoms with Crippen molar-refractivity contribution in [2.45, 2.75) is 6.92 Å². The van der Waals surface area contributed by atoms with Gasteiger partial charge in [-0.25, -0.2) is 5.53 Å². The number of hydrazine groups is 2. The van der Waals surface area contributed by atoms with Crippen LogP contribution in [0.3, 0.4) is 0 Å². The smallest absolute Gasteiger partial charge is 0.313 e. The van der Waals surface area contributed by atoms with Crippen molar-refractivity contribution in [3.05, 3.63) is 5.82 Å². The van der Waals surface area contributed by atoms with Gasteiger partial charge in [-0.05, 0) is 6.92 Å². The molecule has 0 fully saturated rings. The predicted molar refractivity (Wildman–Crippen MR) is 39.8 cm³/mol. The van der Waals surface area contributed by atoms with E-state index >= 15 is 0 Å². The molecule has 0 saturated heterocycles. The summed E-state index contributed by atoms with van der Waals surface area (Å²) in [6.45, 7) is 1.74. The molecule has 1 aromatic rings. The summed E-state index contributed by atoms with van der Waals surface area (Å²) in [6.07, 6.45) is 2.61. The van der Waals surface area contributed by atoms with E-state index in [0.717, 1.165) is 0 Å². The van der Waals surface area contributed by atoms with E-state index in [9.17, 15) is 0 Å². The maximum Gasteiger partial charge on any atom is 0.346 e. The van der Waals surface area contributed by atoms with Gasteiger partial charge in [0.05, 0.1) is 0 Å². The van der Waals surface area contributed by atoms with Crippen LogP contribution in [0.2, 0.25) is 0 Å². The Morgan fingerprint density at radius 3 is 2.92 bits per heavy atom. The molecule has 0 aliphatic carbocycles. The molecule has 7 nitrogen and oxygen atoms in total. The second-order valence-electron chi connectivity index (χ2n) is 2.27. The van der Waals surface area contributed by atoms with Crippen molar-refractivity contribution in [1.82, 2.24) is 20.8 Å². The highest BCUT2D eigenvalue weighted by Crippen LogP contribution is 2.11. The molecule has 1 aliphatic heterocycles. The first-order valence-electron chi connectivity index (χ1n) is 3.32. The average molecular weight is 167 g/mol. The number of hydrogen-bond donors (Lipinski definition) is 1.